The molecule has 1 aromatic rings. The summed E-state index contributed by atoms with van der Waals surface area (Å²) in [6.07, 6.45) is 0.434. The van der Waals surface area contributed by atoms with Crippen LogP contribution in [0.5, 0.6) is 5.75 Å². The maximum absolute atomic E-state index is 11.9. The normalized spacial score (nSPS) is 18.9. The van der Waals surface area contributed by atoms with Crippen LogP contribution in [0.25, 0.3) is 0 Å². The number of benzene rings is 1. The molecule has 102 valence electrons. The maximum Gasteiger partial charge on any atom is 0.227 e. The zero-order valence-corrected chi connectivity index (χ0v) is 12.0. The summed E-state index contributed by atoms with van der Waals surface area (Å²) >= 11 is 6.99. The fourth-order valence-corrected chi connectivity index (χ4v) is 2.86. The Kier molecular flexibility index (Phi) is 4.37. The number of amides is 1. The molecule has 0 aromatic heterocycles. The Hall–Kier alpha value is -1.20. The van der Waals surface area contributed by atoms with Gasteiger partial charge in [-0.15, -0.1) is 0 Å². The van der Waals surface area contributed by atoms with Crippen LogP contribution in [0.1, 0.15) is 13.3 Å². The SMILES string of the molecule is CC(=O)SCC1CC(=O)N(c2ccc(Cl)c(O)c2)C1. The Labute approximate surface area is 120 Å². The van der Waals surface area contributed by atoms with Crippen molar-refractivity contribution < 1.29 is 14.7 Å². The highest BCUT2D eigenvalue weighted by molar-refractivity contribution is 8.13. The lowest BCUT2D eigenvalue weighted by Crippen LogP contribution is -2.24. The van der Waals surface area contributed by atoms with Crippen molar-refractivity contribution in [3.63, 3.8) is 0 Å². The minimum absolute atomic E-state index is 0.0101. The number of aromatic hydroxyl groups is 1. The minimum Gasteiger partial charge on any atom is -0.506 e. The molecule has 1 unspecified atom stereocenters. The van der Waals surface area contributed by atoms with Gasteiger partial charge in [-0.05, 0) is 18.1 Å². The van der Waals surface area contributed by atoms with E-state index in [4.69, 9.17) is 11.6 Å². The van der Waals surface area contributed by atoms with Crippen LogP contribution in [0, 0.1) is 5.92 Å². The van der Waals surface area contributed by atoms with E-state index in [-0.39, 0.29) is 27.7 Å². The first-order valence-corrected chi connectivity index (χ1v) is 7.26. The molecule has 0 spiro atoms. The van der Waals surface area contributed by atoms with Crippen LogP contribution >= 0.6 is 23.4 Å². The zero-order valence-electron chi connectivity index (χ0n) is 10.4. The summed E-state index contributed by atoms with van der Waals surface area (Å²) in [5.41, 5.74) is 0.641. The number of hydrogen-bond donors (Lipinski definition) is 1. The van der Waals surface area contributed by atoms with E-state index in [2.05, 4.69) is 0 Å². The molecule has 4 nitrogen and oxygen atoms in total. The number of nitrogens with zero attached hydrogens (tertiary/aromatic N) is 1. The number of carbonyl (C=O) groups excluding carboxylic acids is 2. The third-order valence-electron chi connectivity index (χ3n) is 2.97. The average molecular weight is 300 g/mol. The lowest BCUT2D eigenvalue weighted by atomic mass is 10.1. The lowest BCUT2D eigenvalue weighted by molar-refractivity contribution is -0.117. The van der Waals surface area contributed by atoms with E-state index in [1.54, 1.807) is 17.0 Å². The molecule has 2 rings (SSSR count). The van der Waals surface area contributed by atoms with Gasteiger partial charge in [0.15, 0.2) is 5.12 Å². The molecule has 19 heavy (non-hydrogen) atoms. The molecule has 0 bridgehead atoms. The fraction of sp³-hybridized carbons (Fsp3) is 0.385. The van der Waals surface area contributed by atoms with E-state index in [0.717, 1.165) is 0 Å². The van der Waals surface area contributed by atoms with Gasteiger partial charge in [0.2, 0.25) is 5.91 Å². The van der Waals surface area contributed by atoms with Gasteiger partial charge in [-0.3, -0.25) is 9.59 Å². The van der Waals surface area contributed by atoms with Crippen LogP contribution in [-0.2, 0) is 9.59 Å². The van der Waals surface area contributed by atoms with Crippen molar-refractivity contribution in [2.45, 2.75) is 13.3 Å². The van der Waals surface area contributed by atoms with Crippen LogP contribution in [0.15, 0.2) is 18.2 Å². The fourth-order valence-electron chi connectivity index (χ4n) is 2.05. The van der Waals surface area contributed by atoms with Crippen molar-refractivity contribution in [1.29, 1.82) is 0 Å². The van der Waals surface area contributed by atoms with E-state index >= 15 is 0 Å². The number of anilines is 1. The van der Waals surface area contributed by atoms with Crippen molar-refractivity contribution in [3.8, 4) is 5.75 Å². The maximum atomic E-state index is 11.9. The lowest BCUT2D eigenvalue weighted by Gasteiger charge is -2.17. The first kappa shape index (κ1) is 14.2. The van der Waals surface area contributed by atoms with E-state index in [9.17, 15) is 14.7 Å². The van der Waals surface area contributed by atoms with Crippen molar-refractivity contribution in [2.75, 3.05) is 17.2 Å². The number of phenolic OH excluding ortho intramolecular Hbond substituents is 1. The van der Waals surface area contributed by atoms with E-state index in [0.29, 0.717) is 24.4 Å². The molecule has 1 aliphatic heterocycles. The molecule has 0 radical (unpaired) electrons. The standard InChI is InChI=1S/C13H14ClNO3S/c1-8(16)19-7-9-4-13(18)15(6-9)10-2-3-11(14)12(17)5-10/h2-3,5,9,17H,4,6-7H2,1H3. The summed E-state index contributed by atoms with van der Waals surface area (Å²) in [5.74, 6) is 0.792. The van der Waals surface area contributed by atoms with Gasteiger partial charge in [-0.2, -0.15) is 0 Å². The number of hydrogen-bond acceptors (Lipinski definition) is 4. The van der Waals surface area contributed by atoms with Crippen LogP contribution in [-0.4, -0.2) is 28.4 Å². The molecular formula is C13H14ClNO3S. The predicted molar refractivity (Wildman–Crippen MR) is 76.7 cm³/mol. The largest absolute Gasteiger partial charge is 0.506 e. The Morgan fingerprint density at radius 2 is 2.32 bits per heavy atom. The topological polar surface area (TPSA) is 57.6 Å². The number of carbonyl (C=O) groups is 2. The third kappa shape index (κ3) is 3.42. The van der Waals surface area contributed by atoms with E-state index < -0.39 is 0 Å². The van der Waals surface area contributed by atoms with Gasteiger partial charge < -0.3 is 10.0 Å². The molecule has 1 fully saturated rings. The van der Waals surface area contributed by atoms with Gasteiger partial charge >= 0.3 is 0 Å². The smallest absolute Gasteiger partial charge is 0.227 e. The first-order valence-electron chi connectivity index (χ1n) is 5.89. The van der Waals surface area contributed by atoms with Crippen LogP contribution < -0.4 is 4.90 Å². The zero-order chi connectivity index (χ0) is 14.0. The molecule has 1 atom stereocenters. The third-order valence-corrected chi connectivity index (χ3v) is 4.33. The second kappa shape index (κ2) is 5.84. The van der Waals surface area contributed by atoms with Gasteiger partial charge in [0.25, 0.3) is 0 Å². The van der Waals surface area contributed by atoms with Crippen molar-refractivity contribution >= 4 is 40.1 Å². The Morgan fingerprint density at radius 1 is 1.58 bits per heavy atom. The average Bonchev–Trinajstić information content (AvgIpc) is 2.72. The van der Waals surface area contributed by atoms with E-state index in [1.165, 1.54) is 24.8 Å². The van der Waals surface area contributed by atoms with Gasteiger partial charge in [0.1, 0.15) is 5.75 Å². The predicted octanol–water partition coefficient (Wildman–Crippen LogP) is 2.68. The molecule has 1 heterocycles. The highest BCUT2D eigenvalue weighted by Gasteiger charge is 2.31. The molecule has 0 aliphatic carbocycles. The molecule has 1 aliphatic rings. The van der Waals surface area contributed by atoms with Gasteiger partial charge in [-0.1, -0.05) is 23.4 Å². The first-order chi connectivity index (χ1) is 8.97. The molecule has 6 heteroatoms. The highest BCUT2D eigenvalue weighted by Crippen LogP contribution is 2.32. The van der Waals surface area contributed by atoms with Crippen LogP contribution in [0.4, 0.5) is 5.69 Å². The van der Waals surface area contributed by atoms with Crippen molar-refractivity contribution in [3.05, 3.63) is 23.2 Å². The number of thioether (sulfide) groups is 1. The number of phenols is 1. The van der Waals surface area contributed by atoms with Crippen LogP contribution in [0.2, 0.25) is 5.02 Å². The second-order valence-electron chi connectivity index (χ2n) is 4.51. The second-order valence-corrected chi connectivity index (χ2v) is 6.12. The van der Waals surface area contributed by atoms with Gasteiger partial charge in [-0.25, -0.2) is 0 Å². The molecule has 1 amide bonds. The molecular weight excluding hydrogens is 286 g/mol. The molecule has 0 saturated carbocycles. The van der Waals surface area contributed by atoms with Crippen molar-refractivity contribution in [2.24, 2.45) is 5.92 Å². The van der Waals surface area contributed by atoms with Gasteiger partial charge in [0, 0.05) is 37.4 Å². The monoisotopic (exact) mass is 299 g/mol. The summed E-state index contributed by atoms with van der Waals surface area (Å²) in [4.78, 5) is 24.5. The van der Waals surface area contributed by atoms with Gasteiger partial charge in [0.05, 0.1) is 5.02 Å². The highest BCUT2D eigenvalue weighted by atomic mass is 35.5. The summed E-state index contributed by atoms with van der Waals surface area (Å²) in [6, 6.07) is 4.76. The molecule has 1 aromatic carbocycles. The number of rotatable bonds is 3. The molecule has 1 saturated heterocycles. The Bertz CT molecular complexity index is 521. The molecule has 1 N–H and O–H groups in total. The van der Waals surface area contributed by atoms with E-state index in [1.807, 2.05) is 0 Å². The Morgan fingerprint density at radius 3 is 2.95 bits per heavy atom. The summed E-state index contributed by atoms with van der Waals surface area (Å²) < 4.78 is 0. The Balaban J connectivity index is 2.07. The van der Waals surface area contributed by atoms with Crippen LogP contribution in [0.3, 0.4) is 0 Å². The summed E-state index contributed by atoms with van der Waals surface area (Å²) in [5, 5.41) is 9.90. The number of halogens is 1. The quantitative estimate of drug-likeness (QED) is 0.932. The summed E-state index contributed by atoms with van der Waals surface area (Å²) in [6.45, 7) is 2.09. The van der Waals surface area contributed by atoms with Crippen molar-refractivity contribution in [1.82, 2.24) is 0 Å². The summed E-state index contributed by atoms with van der Waals surface area (Å²) in [7, 11) is 0. The minimum atomic E-state index is -0.0338.